The number of aromatic nitrogens is 2. The van der Waals surface area contributed by atoms with Crippen LogP contribution in [0.5, 0.6) is 5.75 Å². The summed E-state index contributed by atoms with van der Waals surface area (Å²) in [5, 5.41) is 0. The van der Waals surface area contributed by atoms with Gasteiger partial charge in [0.15, 0.2) is 0 Å². The lowest BCUT2D eigenvalue weighted by Crippen LogP contribution is -2.03. The van der Waals surface area contributed by atoms with Crippen LogP contribution in [0.2, 0.25) is 0 Å². The lowest BCUT2D eigenvalue weighted by atomic mass is 10.3. The van der Waals surface area contributed by atoms with E-state index >= 15 is 0 Å². The second-order valence-electron chi connectivity index (χ2n) is 4.70. The number of benzene rings is 2. The molecule has 0 saturated heterocycles. The number of ether oxygens (including phenoxy) is 1. The topological polar surface area (TPSA) is 53.1 Å². The molecular weight excluding hydrogens is 250 g/mol. The quantitative estimate of drug-likeness (QED) is 0.571. The average molecular weight is 267 g/mol. The van der Waals surface area contributed by atoms with Crippen LogP contribution in [0, 0.1) is 0 Å². The van der Waals surface area contributed by atoms with E-state index in [2.05, 4.69) is 15.6 Å². The zero-order chi connectivity index (χ0) is 13.8. The minimum atomic E-state index is 0.677. The van der Waals surface area contributed by atoms with E-state index in [1.165, 1.54) is 5.52 Å². The lowest BCUT2D eigenvalue weighted by molar-refractivity contribution is 0.302. The van der Waals surface area contributed by atoms with E-state index in [-0.39, 0.29) is 0 Å². The maximum Gasteiger partial charge on any atom is 0.119 e. The molecule has 0 saturated carbocycles. The van der Waals surface area contributed by atoms with Crippen LogP contribution in [0.3, 0.4) is 0 Å². The highest BCUT2D eigenvalue weighted by Crippen LogP contribution is 2.14. The summed E-state index contributed by atoms with van der Waals surface area (Å²) >= 11 is 0. The first-order chi connectivity index (χ1) is 9.83. The number of nitrogen functional groups attached to an aromatic ring is 1. The minimum absolute atomic E-state index is 0.677. The van der Waals surface area contributed by atoms with Crippen molar-refractivity contribution in [2.24, 2.45) is 0 Å². The fraction of sp³-hybridized carbons (Fsp3) is 0.188. The molecule has 0 atom stereocenters. The van der Waals surface area contributed by atoms with Gasteiger partial charge < -0.3 is 15.0 Å². The van der Waals surface area contributed by atoms with E-state index in [0.29, 0.717) is 6.61 Å². The van der Waals surface area contributed by atoms with Crippen molar-refractivity contribution in [3.63, 3.8) is 0 Å². The SMILES string of the molecule is Nc1ccc(OCCCn2cnc3ccccc32)cc1. The van der Waals surface area contributed by atoms with Crippen LogP contribution in [0.25, 0.3) is 11.0 Å². The predicted molar refractivity (Wildman–Crippen MR) is 80.7 cm³/mol. The first kappa shape index (κ1) is 12.5. The van der Waals surface area contributed by atoms with Gasteiger partial charge in [-0.3, -0.25) is 0 Å². The molecule has 0 spiro atoms. The number of nitrogens with two attached hydrogens (primary N) is 1. The normalized spacial score (nSPS) is 10.8. The van der Waals surface area contributed by atoms with Crippen molar-refractivity contribution in [2.45, 2.75) is 13.0 Å². The summed E-state index contributed by atoms with van der Waals surface area (Å²) in [5.74, 6) is 0.856. The number of hydrogen-bond donors (Lipinski definition) is 1. The van der Waals surface area contributed by atoms with Gasteiger partial charge in [-0.2, -0.15) is 0 Å². The molecule has 0 aliphatic heterocycles. The fourth-order valence-corrected chi connectivity index (χ4v) is 2.18. The van der Waals surface area contributed by atoms with Crippen LogP contribution in [0.15, 0.2) is 54.9 Å². The van der Waals surface area contributed by atoms with Gasteiger partial charge in [-0.15, -0.1) is 0 Å². The van der Waals surface area contributed by atoms with Crippen molar-refractivity contribution < 1.29 is 4.74 Å². The largest absolute Gasteiger partial charge is 0.494 e. The smallest absolute Gasteiger partial charge is 0.119 e. The van der Waals surface area contributed by atoms with Gasteiger partial charge in [0.1, 0.15) is 5.75 Å². The highest BCUT2D eigenvalue weighted by Gasteiger charge is 2.01. The average Bonchev–Trinajstić information content (AvgIpc) is 2.89. The molecule has 0 unspecified atom stereocenters. The molecule has 0 fully saturated rings. The van der Waals surface area contributed by atoms with Gasteiger partial charge in [-0.25, -0.2) is 4.98 Å². The van der Waals surface area contributed by atoms with E-state index in [9.17, 15) is 0 Å². The van der Waals surface area contributed by atoms with Gasteiger partial charge >= 0.3 is 0 Å². The molecule has 1 aromatic heterocycles. The lowest BCUT2D eigenvalue weighted by Gasteiger charge is -2.07. The first-order valence-electron chi connectivity index (χ1n) is 6.71. The van der Waals surface area contributed by atoms with Gasteiger partial charge in [0.25, 0.3) is 0 Å². The zero-order valence-electron chi connectivity index (χ0n) is 11.2. The Kier molecular flexibility index (Phi) is 3.54. The van der Waals surface area contributed by atoms with Crippen LogP contribution >= 0.6 is 0 Å². The van der Waals surface area contributed by atoms with E-state index in [1.807, 2.05) is 48.8 Å². The molecular formula is C16H17N3O. The summed E-state index contributed by atoms with van der Waals surface area (Å²) in [4.78, 5) is 4.37. The summed E-state index contributed by atoms with van der Waals surface area (Å²) in [6.07, 6.45) is 2.82. The summed E-state index contributed by atoms with van der Waals surface area (Å²) < 4.78 is 7.84. The Hall–Kier alpha value is -2.49. The van der Waals surface area contributed by atoms with Gasteiger partial charge in [0, 0.05) is 12.2 Å². The molecule has 102 valence electrons. The first-order valence-corrected chi connectivity index (χ1v) is 6.71. The third-order valence-electron chi connectivity index (χ3n) is 3.22. The monoisotopic (exact) mass is 267 g/mol. The second-order valence-corrected chi connectivity index (χ2v) is 4.70. The van der Waals surface area contributed by atoms with E-state index < -0.39 is 0 Å². The van der Waals surface area contributed by atoms with Crippen molar-refractivity contribution in [3.05, 3.63) is 54.9 Å². The third-order valence-corrected chi connectivity index (χ3v) is 3.22. The summed E-state index contributed by atoms with van der Waals surface area (Å²) in [7, 11) is 0. The number of nitrogens with zero attached hydrogens (tertiary/aromatic N) is 2. The van der Waals surface area contributed by atoms with Gasteiger partial charge in [0.05, 0.1) is 24.0 Å². The molecule has 0 bridgehead atoms. The number of imidazole rings is 1. The van der Waals surface area contributed by atoms with Crippen molar-refractivity contribution >= 4 is 16.7 Å². The molecule has 1 heterocycles. The Labute approximate surface area is 117 Å². The molecule has 4 nitrogen and oxygen atoms in total. The van der Waals surface area contributed by atoms with Crippen LogP contribution in [0.4, 0.5) is 5.69 Å². The molecule has 0 aliphatic rings. The van der Waals surface area contributed by atoms with Gasteiger partial charge in [-0.1, -0.05) is 12.1 Å². The Morgan fingerprint density at radius 2 is 1.85 bits per heavy atom. The summed E-state index contributed by atoms with van der Waals surface area (Å²) in [6, 6.07) is 15.6. The second kappa shape index (κ2) is 5.65. The van der Waals surface area contributed by atoms with Crippen molar-refractivity contribution in [3.8, 4) is 5.75 Å². The van der Waals surface area contributed by atoms with Crippen molar-refractivity contribution in [1.82, 2.24) is 9.55 Å². The van der Waals surface area contributed by atoms with Gasteiger partial charge in [0.2, 0.25) is 0 Å². The maximum absolute atomic E-state index is 5.68. The number of hydrogen-bond acceptors (Lipinski definition) is 3. The Morgan fingerprint density at radius 3 is 2.70 bits per heavy atom. The maximum atomic E-state index is 5.68. The van der Waals surface area contributed by atoms with Crippen molar-refractivity contribution in [1.29, 1.82) is 0 Å². The highest BCUT2D eigenvalue weighted by atomic mass is 16.5. The molecule has 3 aromatic rings. The molecule has 20 heavy (non-hydrogen) atoms. The number of fused-ring (bicyclic) bond motifs is 1. The molecule has 0 aliphatic carbocycles. The van der Waals surface area contributed by atoms with E-state index in [0.717, 1.165) is 29.9 Å². The Bertz CT molecular complexity index is 688. The zero-order valence-corrected chi connectivity index (χ0v) is 11.2. The van der Waals surface area contributed by atoms with Crippen LogP contribution in [-0.2, 0) is 6.54 Å². The fourth-order valence-electron chi connectivity index (χ4n) is 2.18. The Balaban J connectivity index is 1.54. The molecule has 2 N–H and O–H groups in total. The molecule has 0 radical (unpaired) electrons. The Morgan fingerprint density at radius 1 is 1.05 bits per heavy atom. The van der Waals surface area contributed by atoms with Crippen molar-refractivity contribution in [2.75, 3.05) is 12.3 Å². The van der Waals surface area contributed by atoms with Gasteiger partial charge in [-0.05, 0) is 42.8 Å². The van der Waals surface area contributed by atoms with E-state index in [1.54, 1.807) is 0 Å². The van der Waals surface area contributed by atoms with Crippen LogP contribution in [-0.4, -0.2) is 16.2 Å². The van der Waals surface area contributed by atoms with E-state index in [4.69, 9.17) is 10.5 Å². The number of para-hydroxylation sites is 2. The molecule has 0 amide bonds. The predicted octanol–water partition coefficient (Wildman–Crippen LogP) is 3.09. The highest BCUT2D eigenvalue weighted by molar-refractivity contribution is 5.74. The number of anilines is 1. The summed E-state index contributed by atoms with van der Waals surface area (Å²) in [5.41, 5.74) is 8.59. The summed E-state index contributed by atoms with van der Waals surface area (Å²) in [6.45, 7) is 1.58. The number of rotatable bonds is 5. The molecule has 2 aromatic carbocycles. The van der Waals surface area contributed by atoms with Crippen LogP contribution in [0.1, 0.15) is 6.42 Å². The standard InChI is InChI=1S/C16H17N3O/c17-13-6-8-14(9-7-13)20-11-3-10-19-12-18-15-4-1-2-5-16(15)19/h1-2,4-9,12H,3,10-11,17H2. The molecule has 4 heteroatoms. The number of aryl methyl sites for hydroxylation is 1. The molecule has 3 rings (SSSR count). The minimum Gasteiger partial charge on any atom is -0.494 e. The third kappa shape index (κ3) is 2.74. The van der Waals surface area contributed by atoms with Crippen LogP contribution < -0.4 is 10.5 Å².